The number of benzene rings is 1. The highest BCUT2D eigenvalue weighted by atomic mass is 35.5. The van der Waals surface area contributed by atoms with Crippen LogP contribution in [0.1, 0.15) is 37.7 Å². The highest BCUT2D eigenvalue weighted by Gasteiger charge is 2.18. The van der Waals surface area contributed by atoms with E-state index in [0.717, 1.165) is 18.4 Å². The SMILES string of the molecule is Cc1c(Cl)cccc1NC(=O)C(=S)NC1CCCCC1. The Kier molecular flexibility index (Phi) is 5.38. The van der Waals surface area contributed by atoms with Gasteiger partial charge in [-0.25, -0.2) is 0 Å². The van der Waals surface area contributed by atoms with Crippen molar-refractivity contribution in [2.45, 2.75) is 45.1 Å². The second kappa shape index (κ2) is 7.04. The van der Waals surface area contributed by atoms with Gasteiger partial charge in [-0.3, -0.25) is 4.79 Å². The van der Waals surface area contributed by atoms with Gasteiger partial charge in [0.25, 0.3) is 5.91 Å². The zero-order valence-corrected chi connectivity index (χ0v) is 13.1. The van der Waals surface area contributed by atoms with Crippen LogP contribution >= 0.6 is 23.8 Å². The summed E-state index contributed by atoms with van der Waals surface area (Å²) in [4.78, 5) is 12.4. The lowest BCUT2D eigenvalue weighted by molar-refractivity contribution is -0.110. The van der Waals surface area contributed by atoms with Crippen molar-refractivity contribution < 1.29 is 4.79 Å². The molecule has 1 aliphatic rings. The Morgan fingerprint density at radius 3 is 2.70 bits per heavy atom. The summed E-state index contributed by atoms with van der Waals surface area (Å²) in [6.07, 6.45) is 5.86. The minimum atomic E-state index is -0.268. The number of thiocarbonyl (C=S) groups is 1. The van der Waals surface area contributed by atoms with Gasteiger partial charge in [0.2, 0.25) is 0 Å². The Morgan fingerprint density at radius 1 is 1.30 bits per heavy atom. The average molecular weight is 311 g/mol. The number of carbonyl (C=O) groups is 1. The molecular formula is C15H19ClN2OS. The molecule has 0 heterocycles. The van der Waals surface area contributed by atoms with Crippen molar-refractivity contribution in [1.82, 2.24) is 5.32 Å². The number of anilines is 1. The van der Waals surface area contributed by atoms with Crippen LogP contribution in [0.2, 0.25) is 5.02 Å². The van der Waals surface area contributed by atoms with Gasteiger partial charge in [-0.15, -0.1) is 0 Å². The molecule has 20 heavy (non-hydrogen) atoms. The monoisotopic (exact) mass is 310 g/mol. The number of carbonyl (C=O) groups excluding carboxylic acids is 1. The first kappa shape index (κ1) is 15.3. The molecule has 0 spiro atoms. The van der Waals surface area contributed by atoms with Crippen LogP contribution in [-0.4, -0.2) is 16.9 Å². The summed E-state index contributed by atoms with van der Waals surface area (Å²) in [6.45, 7) is 1.87. The normalized spacial score (nSPS) is 15.7. The summed E-state index contributed by atoms with van der Waals surface area (Å²) in [7, 11) is 0. The second-order valence-corrected chi connectivity index (χ2v) is 5.99. The molecule has 1 fully saturated rings. The van der Waals surface area contributed by atoms with Crippen LogP contribution in [0.5, 0.6) is 0 Å². The van der Waals surface area contributed by atoms with Gasteiger partial charge < -0.3 is 10.6 Å². The highest BCUT2D eigenvalue weighted by Crippen LogP contribution is 2.23. The standard InChI is InChI=1S/C15H19ClN2OS/c1-10-12(16)8-5-9-13(10)18-14(19)15(20)17-11-6-3-2-4-7-11/h5,8-9,11H,2-4,6-7H2,1H3,(H,17,20)(H,18,19). The molecule has 2 N–H and O–H groups in total. The van der Waals surface area contributed by atoms with Gasteiger partial charge in [0.15, 0.2) is 4.99 Å². The summed E-state index contributed by atoms with van der Waals surface area (Å²) >= 11 is 11.2. The number of rotatable bonds is 2. The van der Waals surface area contributed by atoms with Gasteiger partial charge in [0, 0.05) is 16.8 Å². The van der Waals surface area contributed by atoms with E-state index in [0.29, 0.717) is 16.8 Å². The van der Waals surface area contributed by atoms with Crippen molar-refractivity contribution in [3.8, 4) is 0 Å². The molecule has 0 saturated heterocycles. The number of nitrogens with one attached hydrogen (secondary N) is 2. The van der Waals surface area contributed by atoms with Crippen LogP contribution in [0.4, 0.5) is 5.69 Å². The number of amides is 1. The Bertz CT molecular complexity index is 513. The average Bonchev–Trinajstić information content (AvgIpc) is 2.45. The van der Waals surface area contributed by atoms with Crippen molar-refractivity contribution in [2.75, 3.05) is 5.32 Å². The first-order chi connectivity index (χ1) is 9.58. The van der Waals surface area contributed by atoms with Gasteiger partial charge in [-0.1, -0.05) is 49.1 Å². The van der Waals surface area contributed by atoms with Crippen LogP contribution in [0.15, 0.2) is 18.2 Å². The molecule has 1 saturated carbocycles. The third-order valence-electron chi connectivity index (χ3n) is 3.66. The lowest BCUT2D eigenvalue weighted by Gasteiger charge is -2.23. The lowest BCUT2D eigenvalue weighted by atomic mass is 9.95. The van der Waals surface area contributed by atoms with Gasteiger partial charge in [0.05, 0.1) is 0 Å². The molecule has 3 nitrogen and oxygen atoms in total. The molecule has 1 aromatic rings. The fraction of sp³-hybridized carbons (Fsp3) is 0.467. The van der Waals surface area contributed by atoms with E-state index in [2.05, 4.69) is 10.6 Å². The minimum absolute atomic E-state index is 0.260. The zero-order valence-electron chi connectivity index (χ0n) is 11.5. The smallest absolute Gasteiger partial charge is 0.283 e. The molecule has 0 unspecified atom stereocenters. The molecule has 1 amide bonds. The summed E-state index contributed by atoms with van der Waals surface area (Å²) in [5.74, 6) is -0.268. The highest BCUT2D eigenvalue weighted by molar-refractivity contribution is 7.82. The number of hydrogen-bond donors (Lipinski definition) is 2. The van der Waals surface area contributed by atoms with E-state index in [1.807, 2.05) is 19.1 Å². The van der Waals surface area contributed by atoms with Crippen molar-refractivity contribution in [3.63, 3.8) is 0 Å². The third kappa shape index (κ3) is 3.93. The molecule has 1 aliphatic carbocycles. The Hall–Kier alpha value is -1.13. The molecule has 1 aromatic carbocycles. The summed E-state index contributed by atoms with van der Waals surface area (Å²) in [6, 6.07) is 5.76. The van der Waals surface area contributed by atoms with Crippen LogP contribution in [0.3, 0.4) is 0 Å². The second-order valence-electron chi connectivity index (χ2n) is 5.17. The van der Waals surface area contributed by atoms with Crippen LogP contribution in [0.25, 0.3) is 0 Å². The molecule has 2 rings (SSSR count). The van der Waals surface area contributed by atoms with Crippen LogP contribution in [-0.2, 0) is 4.79 Å². The predicted molar refractivity (Wildman–Crippen MR) is 87.4 cm³/mol. The quantitative estimate of drug-likeness (QED) is 0.816. The first-order valence-corrected chi connectivity index (χ1v) is 7.73. The molecule has 5 heteroatoms. The van der Waals surface area contributed by atoms with E-state index in [-0.39, 0.29) is 10.9 Å². The van der Waals surface area contributed by atoms with Gasteiger partial charge >= 0.3 is 0 Å². The van der Waals surface area contributed by atoms with Crippen molar-refractivity contribution in [3.05, 3.63) is 28.8 Å². The molecule has 108 valence electrons. The zero-order chi connectivity index (χ0) is 14.5. The summed E-state index contributed by atoms with van der Waals surface area (Å²) in [5.41, 5.74) is 1.55. The molecule has 0 aliphatic heterocycles. The van der Waals surface area contributed by atoms with Gasteiger partial charge in [0.1, 0.15) is 0 Å². The molecule has 0 aromatic heterocycles. The Labute approximate surface area is 130 Å². The Balaban J connectivity index is 1.93. The molecule has 0 radical (unpaired) electrons. The topological polar surface area (TPSA) is 41.1 Å². The predicted octanol–water partition coefficient (Wildman–Crippen LogP) is 3.84. The molecule has 0 atom stereocenters. The van der Waals surface area contributed by atoms with E-state index in [1.165, 1.54) is 19.3 Å². The maximum absolute atomic E-state index is 12.1. The fourth-order valence-electron chi connectivity index (χ4n) is 2.42. The van der Waals surface area contributed by atoms with Gasteiger partial charge in [-0.2, -0.15) is 0 Å². The van der Waals surface area contributed by atoms with Crippen LogP contribution < -0.4 is 10.6 Å². The number of hydrogen-bond acceptors (Lipinski definition) is 2. The van der Waals surface area contributed by atoms with Crippen molar-refractivity contribution in [1.29, 1.82) is 0 Å². The Morgan fingerprint density at radius 2 is 2.00 bits per heavy atom. The largest absolute Gasteiger partial charge is 0.369 e. The summed E-state index contributed by atoms with van der Waals surface area (Å²) < 4.78 is 0. The lowest BCUT2D eigenvalue weighted by Crippen LogP contribution is -2.41. The first-order valence-electron chi connectivity index (χ1n) is 6.95. The van der Waals surface area contributed by atoms with E-state index >= 15 is 0 Å². The van der Waals surface area contributed by atoms with Crippen molar-refractivity contribution >= 4 is 40.4 Å². The van der Waals surface area contributed by atoms with Gasteiger partial charge in [-0.05, 0) is 37.5 Å². The summed E-state index contributed by atoms with van der Waals surface area (Å²) in [5, 5.41) is 6.61. The number of halogens is 1. The maximum atomic E-state index is 12.1. The van der Waals surface area contributed by atoms with Crippen molar-refractivity contribution in [2.24, 2.45) is 0 Å². The molecule has 0 bridgehead atoms. The van der Waals surface area contributed by atoms with E-state index in [1.54, 1.807) is 6.07 Å². The van der Waals surface area contributed by atoms with Crippen LogP contribution in [0, 0.1) is 6.92 Å². The van der Waals surface area contributed by atoms with E-state index < -0.39 is 0 Å². The van der Waals surface area contributed by atoms with E-state index in [4.69, 9.17) is 23.8 Å². The molecular weight excluding hydrogens is 292 g/mol. The third-order valence-corrected chi connectivity index (χ3v) is 4.38. The maximum Gasteiger partial charge on any atom is 0.283 e. The van der Waals surface area contributed by atoms with E-state index in [9.17, 15) is 4.79 Å². The fourth-order valence-corrected chi connectivity index (χ4v) is 2.81. The minimum Gasteiger partial charge on any atom is -0.369 e.